The molecule has 0 saturated carbocycles. The van der Waals surface area contributed by atoms with Crippen molar-refractivity contribution in [2.45, 2.75) is 12.6 Å². The van der Waals surface area contributed by atoms with Gasteiger partial charge in [-0.1, -0.05) is 42.5 Å². The van der Waals surface area contributed by atoms with E-state index in [-0.39, 0.29) is 29.4 Å². The van der Waals surface area contributed by atoms with E-state index in [1.165, 1.54) is 18.1 Å². The summed E-state index contributed by atoms with van der Waals surface area (Å²) in [4.78, 5) is 31.5. The van der Waals surface area contributed by atoms with Gasteiger partial charge in [0.25, 0.3) is 11.7 Å². The Hall–Kier alpha value is -4.13. The van der Waals surface area contributed by atoms with Gasteiger partial charge < -0.3 is 19.8 Å². The number of benzene rings is 2. The average molecular weight is 416 g/mol. The van der Waals surface area contributed by atoms with Crippen molar-refractivity contribution >= 4 is 17.4 Å². The molecule has 1 aliphatic heterocycles. The quantitative estimate of drug-likeness (QED) is 0.376. The Morgan fingerprint density at radius 3 is 2.55 bits per heavy atom. The van der Waals surface area contributed by atoms with Crippen LogP contribution in [-0.4, -0.2) is 38.9 Å². The summed E-state index contributed by atoms with van der Waals surface area (Å²) in [5.74, 6) is -1.63. The fourth-order valence-corrected chi connectivity index (χ4v) is 3.69. The molecule has 1 amide bonds. The number of hydrogen-bond acceptors (Lipinski definition) is 6. The summed E-state index contributed by atoms with van der Waals surface area (Å²) in [7, 11) is 1.41. The molecule has 0 unspecified atom stereocenters. The van der Waals surface area contributed by atoms with Crippen LogP contribution >= 0.6 is 0 Å². The van der Waals surface area contributed by atoms with E-state index in [0.29, 0.717) is 11.1 Å². The molecule has 7 nitrogen and oxygen atoms in total. The number of nitrogens with zero attached hydrogens (tertiary/aromatic N) is 2. The standard InChI is InChI=1S/C24H20N2O5/c1-31-19-12-17(9-10-18(19)27)21-20(22(28)16-7-3-2-4-8-16)23(29)24(30)26(21)14-15-6-5-11-25-13-15/h2-13,21,27-28H,14H2,1H3/t21-/m1/s1. The molecule has 7 heteroatoms. The molecule has 156 valence electrons. The summed E-state index contributed by atoms with van der Waals surface area (Å²) in [5, 5.41) is 21.0. The summed E-state index contributed by atoms with van der Waals surface area (Å²) < 4.78 is 5.21. The molecule has 1 fully saturated rings. The van der Waals surface area contributed by atoms with E-state index >= 15 is 0 Å². The van der Waals surface area contributed by atoms with Crippen molar-refractivity contribution in [3.63, 3.8) is 0 Å². The number of rotatable bonds is 5. The van der Waals surface area contributed by atoms with Crippen LogP contribution in [0.1, 0.15) is 22.7 Å². The first-order valence-corrected chi connectivity index (χ1v) is 9.61. The number of Topliss-reactive ketones (excluding diaryl/α,β-unsaturated/α-hetero) is 1. The van der Waals surface area contributed by atoms with Crippen LogP contribution in [0.15, 0.2) is 78.6 Å². The zero-order valence-corrected chi connectivity index (χ0v) is 16.7. The van der Waals surface area contributed by atoms with Crippen molar-refractivity contribution in [1.29, 1.82) is 0 Å². The van der Waals surface area contributed by atoms with Gasteiger partial charge in [0.05, 0.1) is 18.7 Å². The zero-order chi connectivity index (χ0) is 22.0. The number of methoxy groups -OCH3 is 1. The minimum atomic E-state index is -0.866. The number of likely N-dealkylation sites (tertiary alicyclic amines) is 1. The second-order valence-electron chi connectivity index (χ2n) is 7.09. The Bertz CT molecular complexity index is 1160. The maximum atomic E-state index is 13.0. The SMILES string of the molecule is COc1cc([C@@H]2C(=C(O)c3ccccc3)C(=O)C(=O)N2Cc2cccnc2)ccc1O. The van der Waals surface area contributed by atoms with Crippen molar-refractivity contribution in [3.8, 4) is 11.5 Å². The van der Waals surface area contributed by atoms with Crippen LogP contribution in [-0.2, 0) is 16.1 Å². The smallest absolute Gasteiger partial charge is 0.295 e. The number of pyridine rings is 1. The van der Waals surface area contributed by atoms with Crippen molar-refractivity contribution in [2.24, 2.45) is 0 Å². The summed E-state index contributed by atoms with van der Waals surface area (Å²) >= 11 is 0. The van der Waals surface area contributed by atoms with Gasteiger partial charge in [-0.2, -0.15) is 0 Å². The zero-order valence-electron chi connectivity index (χ0n) is 16.7. The number of ketones is 1. The monoisotopic (exact) mass is 416 g/mol. The van der Waals surface area contributed by atoms with Crippen LogP contribution in [0, 0.1) is 0 Å². The fraction of sp³-hybridized carbons (Fsp3) is 0.125. The normalized spacial score (nSPS) is 17.7. The number of carbonyl (C=O) groups is 2. The Labute approximate surface area is 178 Å². The Kier molecular flexibility index (Phi) is 5.41. The van der Waals surface area contributed by atoms with Gasteiger partial charge in [0.2, 0.25) is 0 Å². The van der Waals surface area contributed by atoms with Crippen molar-refractivity contribution in [1.82, 2.24) is 9.88 Å². The molecule has 31 heavy (non-hydrogen) atoms. The Morgan fingerprint density at radius 2 is 1.87 bits per heavy atom. The number of aliphatic hydroxyl groups is 1. The minimum Gasteiger partial charge on any atom is -0.507 e. The molecule has 1 atom stereocenters. The minimum absolute atomic E-state index is 0.0205. The molecule has 1 aliphatic rings. The number of aromatic hydroxyl groups is 1. The van der Waals surface area contributed by atoms with E-state index in [1.54, 1.807) is 67.0 Å². The summed E-state index contributed by atoms with van der Waals surface area (Å²) in [6.07, 6.45) is 3.24. The summed E-state index contributed by atoms with van der Waals surface area (Å²) in [6.45, 7) is 0.123. The third-order valence-electron chi connectivity index (χ3n) is 5.18. The lowest BCUT2D eigenvalue weighted by molar-refractivity contribution is -0.140. The highest BCUT2D eigenvalue weighted by atomic mass is 16.5. The van der Waals surface area contributed by atoms with Crippen LogP contribution in [0.2, 0.25) is 0 Å². The lowest BCUT2D eigenvalue weighted by Gasteiger charge is -2.25. The molecule has 2 N–H and O–H groups in total. The molecule has 0 spiro atoms. The van der Waals surface area contributed by atoms with Gasteiger partial charge in [-0.15, -0.1) is 0 Å². The van der Waals surface area contributed by atoms with Gasteiger partial charge in [0, 0.05) is 24.5 Å². The number of aliphatic hydroxyl groups excluding tert-OH is 1. The van der Waals surface area contributed by atoms with Crippen molar-refractivity contribution in [3.05, 3.63) is 95.3 Å². The highest BCUT2D eigenvalue weighted by Gasteiger charge is 2.46. The molecule has 4 rings (SSSR count). The van der Waals surface area contributed by atoms with E-state index < -0.39 is 17.7 Å². The predicted molar refractivity (Wildman–Crippen MR) is 113 cm³/mol. The molecular formula is C24H20N2O5. The van der Waals surface area contributed by atoms with Gasteiger partial charge in [-0.05, 0) is 29.3 Å². The Balaban J connectivity index is 1.89. The highest BCUT2D eigenvalue weighted by molar-refractivity contribution is 6.46. The number of carbonyl (C=O) groups excluding carboxylic acids is 2. The van der Waals surface area contributed by atoms with Gasteiger partial charge >= 0.3 is 0 Å². The topological polar surface area (TPSA) is 100.0 Å². The van der Waals surface area contributed by atoms with Crippen molar-refractivity contribution in [2.75, 3.05) is 7.11 Å². The van der Waals surface area contributed by atoms with Crippen LogP contribution in [0.4, 0.5) is 0 Å². The molecule has 0 bridgehead atoms. The molecule has 1 aromatic heterocycles. The van der Waals surface area contributed by atoms with Gasteiger partial charge in [-0.25, -0.2) is 0 Å². The molecule has 1 saturated heterocycles. The van der Waals surface area contributed by atoms with E-state index in [9.17, 15) is 19.8 Å². The van der Waals surface area contributed by atoms with Crippen molar-refractivity contribution < 1.29 is 24.5 Å². The number of phenols is 1. The molecular weight excluding hydrogens is 396 g/mol. The molecule has 3 aromatic rings. The van der Waals surface area contributed by atoms with Crippen LogP contribution in [0.5, 0.6) is 11.5 Å². The average Bonchev–Trinajstić information content (AvgIpc) is 3.05. The van der Waals surface area contributed by atoms with E-state index in [4.69, 9.17) is 4.74 Å². The number of amides is 1. The largest absolute Gasteiger partial charge is 0.507 e. The van der Waals surface area contributed by atoms with E-state index in [1.807, 2.05) is 0 Å². The first-order valence-electron chi connectivity index (χ1n) is 9.61. The number of ether oxygens (including phenoxy) is 1. The second-order valence-corrected chi connectivity index (χ2v) is 7.09. The third kappa shape index (κ3) is 3.73. The lowest BCUT2D eigenvalue weighted by atomic mass is 9.95. The van der Waals surface area contributed by atoms with Crippen LogP contribution in [0.3, 0.4) is 0 Å². The first-order chi connectivity index (χ1) is 15.0. The van der Waals surface area contributed by atoms with E-state index in [0.717, 1.165) is 5.56 Å². The maximum Gasteiger partial charge on any atom is 0.295 e. The van der Waals surface area contributed by atoms with Crippen LogP contribution < -0.4 is 4.74 Å². The van der Waals surface area contributed by atoms with Gasteiger partial charge in [-0.3, -0.25) is 14.6 Å². The second kappa shape index (κ2) is 8.31. The fourth-order valence-electron chi connectivity index (χ4n) is 3.69. The maximum absolute atomic E-state index is 13.0. The number of hydrogen-bond donors (Lipinski definition) is 2. The number of aromatic nitrogens is 1. The first kappa shape index (κ1) is 20.2. The Morgan fingerprint density at radius 1 is 1.10 bits per heavy atom. The summed E-state index contributed by atoms with van der Waals surface area (Å²) in [5.41, 5.74) is 1.67. The van der Waals surface area contributed by atoms with Crippen LogP contribution in [0.25, 0.3) is 5.76 Å². The van der Waals surface area contributed by atoms with Gasteiger partial charge in [0.15, 0.2) is 11.5 Å². The lowest BCUT2D eigenvalue weighted by Crippen LogP contribution is -2.29. The summed E-state index contributed by atoms with van der Waals surface area (Å²) in [6, 6.07) is 15.9. The highest BCUT2D eigenvalue weighted by Crippen LogP contribution is 2.42. The van der Waals surface area contributed by atoms with E-state index in [2.05, 4.69) is 4.98 Å². The molecule has 0 aliphatic carbocycles. The molecule has 2 aromatic carbocycles. The predicted octanol–water partition coefficient (Wildman–Crippen LogP) is 3.42. The number of phenolic OH excluding ortho intramolecular Hbond substituents is 1. The molecule has 2 heterocycles. The molecule has 0 radical (unpaired) electrons. The van der Waals surface area contributed by atoms with Gasteiger partial charge in [0.1, 0.15) is 5.76 Å². The third-order valence-corrected chi connectivity index (χ3v) is 5.18.